The van der Waals surface area contributed by atoms with Crippen LogP contribution in [0.5, 0.6) is 0 Å². The van der Waals surface area contributed by atoms with Crippen LogP contribution in [-0.2, 0) is 4.79 Å². The highest BCUT2D eigenvalue weighted by atomic mass is 16.2. The van der Waals surface area contributed by atoms with Gasteiger partial charge in [-0.25, -0.2) is 5.43 Å². The summed E-state index contributed by atoms with van der Waals surface area (Å²) in [4.78, 5) is 16.1. The minimum Gasteiger partial charge on any atom is -0.306 e. The number of nitrogens with one attached hydrogen (secondary N) is 2. The SMILES string of the molecule is O=C(N/N=C\c1cccc2cccnc12)[C@H]1CCCN1. The molecule has 0 radical (unpaired) electrons. The molecule has 0 aliphatic carbocycles. The Kier molecular flexibility index (Phi) is 3.69. The molecule has 1 fully saturated rings. The van der Waals surface area contributed by atoms with Crippen LogP contribution in [0.1, 0.15) is 18.4 Å². The highest BCUT2D eigenvalue weighted by molar-refractivity contribution is 5.97. The lowest BCUT2D eigenvalue weighted by atomic mass is 10.1. The van der Waals surface area contributed by atoms with E-state index < -0.39 is 0 Å². The van der Waals surface area contributed by atoms with Crippen molar-refractivity contribution in [3.8, 4) is 0 Å². The van der Waals surface area contributed by atoms with Crippen LogP contribution in [-0.4, -0.2) is 29.7 Å². The molecule has 5 heteroatoms. The number of para-hydroxylation sites is 1. The van der Waals surface area contributed by atoms with Gasteiger partial charge in [0.2, 0.25) is 0 Å². The summed E-state index contributed by atoms with van der Waals surface area (Å²) in [6.07, 6.45) is 5.30. The molecule has 3 rings (SSSR count). The second kappa shape index (κ2) is 5.79. The van der Waals surface area contributed by atoms with Crippen LogP contribution in [0.15, 0.2) is 41.6 Å². The Balaban J connectivity index is 1.72. The number of fused-ring (bicyclic) bond motifs is 1. The molecular weight excluding hydrogens is 252 g/mol. The molecule has 0 saturated carbocycles. The van der Waals surface area contributed by atoms with E-state index in [1.165, 1.54) is 0 Å². The number of hydrogen-bond acceptors (Lipinski definition) is 4. The molecule has 1 saturated heterocycles. The highest BCUT2D eigenvalue weighted by Gasteiger charge is 2.21. The van der Waals surface area contributed by atoms with Crippen molar-refractivity contribution in [2.24, 2.45) is 5.10 Å². The molecule has 1 aliphatic rings. The third-order valence-corrected chi connectivity index (χ3v) is 3.42. The summed E-state index contributed by atoms with van der Waals surface area (Å²) in [5, 5.41) is 8.22. The van der Waals surface area contributed by atoms with E-state index in [0.717, 1.165) is 35.9 Å². The summed E-state index contributed by atoms with van der Waals surface area (Å²) in [5.74, 6) is -0.0769. The number of aromatic nitrogens is 1. The van der Waals surface area contributed by atoms with Crippen LogP contribution in [0.2, 0.25) is 0 Å². The number of hydrazone groups is 1. The van der Waals surface area contributed by atoms with Gasteiger partial charge in [-0.2, -0.15) is 5.10 Å². The number of pyridine rings is 1. The first-order chi connectivity index (χ1) is 9.84. The fourth-order valence-electron chi connectivity index (χ4n) is 2.38. The van der Waals surface area contributed by atoms with Gasteiger partial charge in [-0.05, 0) is 25.5 Å². The van der Waals surface area contributed by atoms with Crippen LogP contribution >= 0.6 is 0 Å². The van der Waals surface area contributed by atoms with Crippen molar-refractivity contribution < 1.29 is 4.79 Å². The summed E-state index contributed by atoms with van der Waals surface area (Å²) in [6, 6.07) is 9.67. The van der Waals surface area contributed by atoms with Crippen molar-refractivity contribution in [3.63, 3.8) is 0 Å². The first kappa shape index (κ1) is 12.7. The molecule has 0 unspecified atom stereocenters. The Morgan fingerprint density at radius 3 is 3.15 bits per heavy atom. The fourth-order valence-corrected chi connectivity index (χ4v) is 2.38. The number of carbonyl (C=O) groups excluding carboxylic acids is 1. The van der Waals surface area contributed by atoms with Crippen molar-refractivity contribution in [2.75, 3.05) is 6.54 Å². The van der Waals surface area contributed by atoms with Gasteiger partial charge in [-0.15, -0.1) is 0 Å². The van der Waals surface area contributed by atoms with Crippen molar-refractivity contribution in [1.82, 2.24) is 15.7 Å². The van der Waals surface area contributed by atoms with Crippen LogP contribution in [0.3, 0.4) is 0 Å². The molecule has 1 atom stereocenters. The van der Waals surface area contributed by atoms with Gasteiger partial charge in [-0.1, -0.05) is 24.3 Å². The van der Waals surface area contributed by atoms with Gasteiger partial charge in [-0.3, -0.25) is 9.78 Å². The lowest BCUT2D eigenvalue weighted by Gasteiger charge is -2.07. The van der Waals surface area contributed by atoms with Crippen molar-refractivity contribution in [3.05, 3.63) is 42.1 Å². The smallest absolute Gasteiger partial charge is 0.257 e. The summed E-state index contributed by atoms with van der Waals surface area (Å²) in [5.41, 5.74) is 4.35. The Morgan fingerprint density at radius 1 is 1.40 bits per heavy atom. The molecule has 0 spiro atoms. The zero-order valence-electron chi connectivity index (χ0n) is 11.0. The maximum absolute atomic E-state index is 11.8. The van der Waals surface area contributed by atoms with E-state index in [4.69, 9.17) is 0 Å². The van der Waals surface area contributed by atoms with Crippen LogP contribution in [0.4, 0.5) is 0 Å². The highest BCUT2D eigenvalue weighted by Crippen LogP contribution is 2.13. The number of rotatable bonds is 3. The minimum absolute atomic E-state index is 0.0769. The maximum Gasteiger partial charge on any atom is 0.257 e. The molecule has 1 amide bonds. The minimum atomic E-state index is -0.113. The molecule has 2 N–H and O–H groups in total. The van der Waals surface area contributed by atoms with Crippen molar-refractivity contribution >= 4 is 23.0 Å². The van der Waals surface area contributed by atoms with Gasteiger partial charge in [0.15, 0.2) is 0 Å². The summed E-state index contributed by atoms with van der Waals surface area (Å²) in [6.45, 7) is 0.898. The second-order valence-electron chi connectivity index (χ2n) is 4.81. The average molecular weight is 268 g/mol. The van der Waals surface area contributed by atoms with E-state index in [9.17, 15) is 4.79 Å². The Labute approximate surface area is 117 Å². The third-order valence-electron chi connectivity index (χ3n) is 3.42. The zero-order chi connectivity index (χ0) is 13.8. The Bertz CT molecular complexity index is 642. The second-order valence-corrected chi connectivity index (χ2v) is 4.81. The topological polar surface area (TPSA) is 66.4 Å². The molecule has 1 aromatic carbocycles. The first-order valence-corrected chi connectivity index (χ1v) is 6.74. The van der Waals surface area contributed by atoms with Gasteiger partial charge in [0.05, 0.1) is 17.8 Å². The Morgan fingerprint density at radius 2 is 2.30 bits per heavy atom. The van der Waals surface area contributed by atoms with Gasteiger partial charge in [0, 0.05) is 17.1 Å². The largest absolute Gasteiger partial charge is 0.306 e. The summed E-state index contributed by atoms with van der Waals surface area (Å²) >= 11 is 0. The predicted octanol–water partition coefficient (Wildman–Crippen LogP) is 1.44. The molecule has 102 valence electrons. The van der Waals surface area contributed by atoms with Gasteiger partial charge in [0.1, 0.15) is 0 Å². The number of amides is 1. The van der Waals surface area contributed by atoms with E-state index in [1.54, 1.807) is 12.4 Å². The van der Waals surface area contributed by atoms with E-state index >= 15 is 0 Å². The summed E-state index contributed by atoms with van der Waals surface area (Å²) < 4.78 is 0. The number of nitrogens with zero attached hydrogens (tertiary/aromatic N) is 2. The van der Waals surface area contributed by atoms with Crippen LogP contribution in [0, 0.1) is 0 Å². The van der Waals surface area contributed by atoms with Crippen molar-refractivity contribution in [2.45, 2.75) is 18.9 Å². The van der Waals surface area contributed by atoms with Gasteiger partial charge in [0.25, 0.3) is 5.91 Å². The predicted molar refractivity (Wildman–Crippen MR) is 78.5 cm³/mol. The van der Waals surface area contributed by atoms with E-state index in [1.807, 2.05) is 30.3 Å². The molecular formula is C15H16N4O. The Hall–Kier alpha value is -2.27. The fraction of sp³-hybridized carbons (Fsp3) is 0.267. The first-order valence-electron chi connectivity index (χ1n) is 6.74. The maximum atomic E-state index is 11.8. The van der Waals surface area contributed by atoms with E-state index in [0.29, 0.717) is 0 Å². The normalized spacial score (nSPS) is 18.7. The number of hydrogen-bond donors (Lipinski definition) is 2. The molecule has 1 aromatic heterocycles. The van der Waals surface area contributed by atoms with Crippen molar-refractivity contribution in [1.29, 1.82) is 0 Å². The van der Waals surface area contributed by atoms with E-state index in [-0.39, 0.29) is 11.9 Å². The molecule has 2 aromatic rings. The van der Waals surface area contributed by atoms with Gasteiger partial charge < -0.3 is 5.32 Å². The molecule has 20 heavy (non-hydrogen) atoms. The zero-order valence-corrected chi connectivity index (χ0v) is 11.0. The standard InChI is InChI=1S/C15H16N4O/c20-15(13-7-3-8-16-13)19-18-10-12-5-1-4-11-6-2-9-17-14(11)12/h1-2,4-6,9-10,13,16H,3,7-8H2,(H,19,20)/b18-10-/t13-/m1/s1. The molecule has 5 nitrogen and oxygen atoms in total. The summed E-state index contributed by atoms with van der Waals surface area (Å²) in [7, 11) is 0. The lowest BCUT2D eigenvalue weighted by molar-refractivity contribution is -0.122. The average Bonchev–Trinajstić information content (AvgIpc) is 3.02. The molecule has 0 bridgehead atoms. The molecule has 2 heterocycles. The number of carbonyl (C=O) groups is 1. The lowest BCUT2D eigenvalue weighted by Crippen LogP contribution is -2.38. The monoisotopic (exact) mass is 268 g/mol. The number of benzene rings is 1. The molecule has 1 aliphatic heterocycles. The third kappa shape index (κ3) is 2.67. The van der Waals surface area contributed by atoms with Gasteiger partial charge >= 0.3 is 0 Å². The van der Waals surface area contributed by atoms with E-state index in [2.05, 4.69) is 20.8 Å². The quantitative estimate of drug-likeness (QED) is 0.654. The van der Waals surface area contributed by atoms with Crippen LogP contribution < -0.4 is 10.7 Å². The van der Waals surface area contributed by atoms with Crippen LogP contribution in [0.25, 0.3) is 10.9 Å².